The SMILES string of the molecule is CCc1cccc2c([C@@H](CC(=O)N[C@H](C)C(C)C)c3ccccc3OC)c[nH]c12. The van der Waals surface area contributed by atoms with E-state index in [1.807, 2.05) is 18.2 Å². The van der Waals surface area contributed by atoms with Gasteiger partial charge in [0.25, 0.3) is 0 Å². The Bertz CT molecular complexity index is 974. The fourth-order valence-electron chi connectivity index (χ4n) is 3.83. The van der Waals surface area contributed by atoms with Crippen LogP contribution in [0.2, 0.25) is 0 Å². The second kappa shape index (κ2) is 9.17. The van der Waals surface area contributed by atoms with Gasteiger partial charge in [-0.15, -0.1) is 0 Å². The maximum atomic E-state index is 12.9. The van der Waals surface area contributed by atoms with Crippen LogP contribution in [0.15, 0.2) is 48.7 Å². The number of amides is 1. The monoisotopic (exact) mass is 392 g/mol. The van der Waals surface area contributed by atoms with Gasteiger partial charge in [0.2, 0.25) is 5.91 Å². The molecular weight excluding hydrogens is 360 g/mol. The summed E-state index contributed by atoms with van der Waals surface area (Å²) in [7, 11) is 1.68. The molecule has 0 saturated carbocycles. The molecule has 2 atom stereocenters. The van der Waals surface area contributed by atoms with Crippen LogP contribution in [0.25, 0.3) is 10.9 Å². The number of ether oxygens (including phenoxy) is 1. The molecule has 1 aromatic heterocycles. The number of carbonyl (C=O) groups is 1. The standard InChI is InChI=1S/C25H32N2O2/c1-6-18-10-9-12-20-22(15-26-25(18)20)21(14-24(28)27-17(4)16(2)3)19-11-7-8-13-23(19)29-5/h7-13,15-17,21,26H,6,14H2,1-5H3,(H,27,28)/t17-,21+/m1/s1. The summed E-state index contributed by atoms with van der Waals surface area (Å²) in [4.78, 5) is 16.4. The number of fused-ring (bicyclic) bond motifs is 1. The van der Waals surface area contributed by atoms with Crippen LogP contribution in [0.1, 0.15) is 56.7 Å². The van der Waals surface area contributed by atoms with Crippen molar-refractivity contribution in [3.8, 4) is 5.75 Å². The predicted molar refractivity (Wildman–Crippen MR) is 120 cm³/mol. The van der Waals surface area contributed by atoms with Gasteiger partial charge >= 0.3 is 0 Å². The summed E-state index contributed by atoms with van der Waals surface area (Å²) in [5, 5.41) is 4.33. The Labute approximate surface area is 173 Å². The highest BCUT2D eigenvalue weighted by atomic mass is 16.5. The van der Waals surface area contributed by atoms with Crippen LogP contribution < -0.4 is 10.1 Å². The summed E-state index contributed by atoms with van der Waals surface area (Å²) >= 11 is 0. The van der Waals surface area contributed by atoms with Gasteiger partial charge in [0, 0.05) is 41.0 Å². The van der Waals surface area contributed by atoms with Crippen molar-refractivity contribution < 1.29 is 9.53 Å². The Balaban J connectivity index is 2.05. The first kappa shape index (κ1) is 21.0. The minimum Gasteiger partial charge on any atom is -0.496 e. The lowest BCUT2D eigenvalue weighted by Gasteiger charge is -2.22. The van der Waals surface area contributed by atoms with Crippen LogP contribution in [0.3, 0.4) is 0 Å². The van der Waals surface area contributed by atoms with Gasteiger partial charge in [-0.1, -0.05) is 57.2 Å². The molecular formula is C25H32N2O2. The van der Waals surface area contributed by atoms with E-state index < -0.39 is 0 Å². The van der Waals surface area contributed by atoms with E-state index >= 15 is 0 Å². The predicted octanol–water partition coefficient (Wildman–Crippen LogP) is 5.42. The number of hydrogen-bond acceptors (Lipinski definition) is 2. The third-order valence-corrected chi connectivity index (χ3v) is 5.88. The maximum Gasteiger partial charge on any atom is 0.221 e. The summed E-state index contributed by atoms with van der Waals surface area (Å²) in [5.74, 6) is 1.17. The summed E-state index contributed by atoms with van der Waals surface area (Å²) < 4.78 is 5.64. The van der Waals surface area contributed by atoms with Gasteiger partial charge in [0.1, 0.15) is 5.75 Å². The summed E-state index contributed by atoms with van der Waals surface area (Å²) in [6.45, 7) is 8.46. The van der Waals surface area contributed by atoms with Gasteiger partial charge in [-0.3, -0.25) is 4.79 Å². The average molecular weight is 393 g/mol. The van der Waals surface area contributed by atoms with E-state index in [4.69, 9.17) is 4.74 Å². The highest BCUT2D eigenvalue weighted by molar-refractivity contribution is 5.88. The van der Waals surface area contributed by atoms with E-state index in [0.29, 0.717) is 12.3 Å². The zero-order chi connectivity index (χ0) is 21.0. The molecule has 0 spiro atoms. The molecule has 2 N–H and O–H groups in total. The van der Waals surface area contributed by atoms with Crippen LogP contribution >= 0.6 is 0 Å². The molecule has 3 aromatic rings. The molecule has 0 aliphatic heterocycles. The van der Waals surface area contributed by atoms with Gasteiger partial charge < -0.3 is 15.0 Å². The van der Waals surface area contributed by atoms with E-state index in [0.717, 1.165) is 28.8 Å². The van der Waals surface area contributed by atoms with Gasteiger partial charge in [0.05, 0.1) is 7.11 Å². The van der Waals surface area contributed by atoms with Crippen molar-refractivity contribution in [2.45, 2.75) is 52.5 Å². The van der Waals surface area contributed by atoms with Crippen LogP contribution in [0, 0.1) is 5.92 Å². The van der Waals surface area contributed by atoms with E-state index in [9.17, 15) is 4.79 Å². The van der Waals surface area contributed by atoms with Crippen molar-refractivity contribution >= 4 is 16.8 Å². The van der Waals surface area contributed by atoms with Gasteiger partial charge in [-0.2, -0.15) is 0 Å². The zero-order valence-electron chi connectivity index (χ0n) is 18.1. The van der Waals surface area contributed by atoms with E-state index in [1.54, 1.807) is 7.11 Å². The van der Waals surface area contributed by atoms with Crippen LogP contribution in [-0.2, 0) is 11.2 Å². The van der Waals surface area contributed by atoms with Crippen molar-refractivity contribution in [2.75, 3.05) is 7.11 Å². The number of rotatable bonds is 8. The molecule has 4 nitrogen and oxygen atoms in total. The molecule has 3 rings (SSSR count). The summed E-state index contributed by atoms with van der Waals surface area (Å²) in [5.41, 5.74) is 4.60. The second-order valence-corrected chi connectivity index (χ2v) is 8.04. The third-order valence-electron chi connectivity index (χ3n) is 5.88. The Morgan fingerprint density at radius 1 is 1.07 bits per heavy atom. The fourth-order valence-corrected chi connectivity index (χ4v) is 3.83. The van der Waals surface area contributed by atoms with E-state index in [2.05, 4.69) is 68.5 Å². The molecule has 29 heavy (non-hydrogen) atoms. The molecule has 0 unspecified atom stereocenters. The lowest BCUT2D eigenvalue weighted by Crippen LogP contribution is -2.36. The number of aryl methyl sites for hydroxylation is 1. The highest BCUT2D eigenvalue weighted by Crippen LogP contribution is 2.38. The van der Waals surface area contributed by atoms with Crippen molar-refractivity contribution in [3.05, 3.63) is 65.4 Å². The molecule has 0 fully saturated rings. The van der Waals surface area contributed by atoms with Crippen molar-refractivity contribution in [2.24, 2.45) is 5.92 Å². The Hall–Kier alpha value is -2.75. The molecule has 2 aromatic carbocycles. The molecule has 1 amide bonds. The number of aromatic amines is 1. The van der Waals surface area contributed by atoms with Gasteiger partial charge in [-0.05, 0) is 36.5 Å². The van der Waals surface area contributed by atoms with Crippen LogP contribution in [0.4, 0.5) is 0 Å². The normalized spacial score (nSPS) is 13.4. The minimum absolute atomic E-state index is 0.0584. The molecule has 0 aliphatic rings. The summed E-state index contributed by atoms with van der Waals surface area (Å²) in [6, 6.07) is 14.5. The molecule has 0 aliphatic carbocycles. The quantitative estimate of drug-likeness (QED) is 0.538. The average Bonchev–Trinajstić information content (AvgIpc) is 3.15. The largest absolute Gasteiger partial charge is 0.496 e. The van der Waals surface area contributed by atoms with Gasteiger partial charge in [-0.25, -0.2) is 0 Å². The molecule has 0 bridgehead atoms. The first-order valence-electron chi connectivity index (χ1n) is 10.5. The van der Waals surface area contributed by atoms with Crippen molar-refractivity contribution in [1.29, 1.82) is 0 Å². The van der Waals surface area contributed by atoms with Crippen LogP contribution in [0.5, 0.6) is 5.75 Å². The molecule has 0 radical (unpaired) electrons. The van der Waals surface area contributed by atoms with Crippen molar-refractivity contribution in [1.82, 2.24) is 10.3 Å². The second-order valence-electron chi connectivity index (χ2n) is 8.04. The topological polar surface area (TPSA) is 54.1 Å². The number of para-hydroxylation sites is 2. The Morgan fingerprint density at radius 3 is 2.52 bits per heavy atom. The number of nitrogens with one attached hydrogen (secondary N) is 2. The number of methoxy groups -OCH3 is 1. The Kier molecular flexibility index (Phi) is 6.63. The smallest absolute Gasteiger partial charge is 0.221 e. The minimum atomic E-state index is -0.0913. The number of H-pyrrole nitrogens is 1. The summed E-state index contributed by atoms with van der Waals surface area (Å²) in [6.07, 6.45) is 3.39. The fraction of sp³-hybridized carbons (Fsp3) is 0.400. The molecule has 154 valence electrons. The van der Waals surface area contributed by atoms with Crippen LogP contribution in [-0.4, -0.2) is 24.0 Å². The first-order valence-corrected chi connectivity index (χ1v) is 10.5. The number of hydrogen-bond donors (Lipinski definition) is 2. The number of benzene rings is 2. The Morgan fingerprint density at radius 2 is 1.83 bits per heavy atom. The maximum absolute atomic E-state index is 12.9. The van der Waals surface area contributed by atoms with Crippen molar-refractivity contribution in [3.63, 3.8) is 0 Å². The zero-order valence-corrected chi connectivity index (χ0v) is 18.1. The molecule has 4 heteroatoms. The number of aromatic nitrogens is 1. The highest BCUT2D eigenvalue weighted by Gasteiger charge is 2.25. The first-order chi connectivity index (χ1) is 14.0. The lowest BCUT2D eigenvalue weighted by molar-refractivity contribution is -0.122. The molecule has 1 heterocycles. The number of carbonyl (C=O) groups excluding carboxylic acids is 1. The van der Waals surface area contributed by atoms with Gasteiger partial charge in [0.15, 0.2) is 0 Å². The molecule has 0 saturated heterocycles. The van der Waals surface area contributed by atoms with E-state index in [1.165, 1.54) is 10.9 Å². The lowest BCUT2D eigenvalue weighted by atomic mass is 9.86. The third kappa shape index (κ3) is 4.47. The van der Waals surface area contributed by atoms with E-state index in [-0.39, 0.29) is 17.9 Å².